The second kappa shape index (κ2) is 10.7. The van der Waals surface area contributed by atoms with Crippen LogP contribution < -0.4 is 10.2 Å². The second-order valence-corrected chi connectivity index (χ2v) is 12.0. The molecular weight excluding hydrogens is 470 g/mol. The van der Waals surface area contributed by atoms with Crippen LogP contribution in [0, 0.1) is 11.8 Å². The number of benzene rings is 2. The molecule has 6 nitrogen and oxygen atoms in total. The number of nitrogens with one attached hydrogen (secondary N) is 1. The fourth-order valence-corrected chi connectivity index (χ4v) is 6.59. The summed E-state index contributed by atoms with van der Waals surface area (Å²) in [7, 11) is -3.66. The first kappa shape index (κ1) is 25.0. The number of halogens is 1. The van der Waals surface area contributed by atoms with E-state index in [1.807, 2.05) is 6.92 Å². The summed E-state index contributed by atoms with van der Waals surface area (Å²) >= 11 is 5.90. The largest absolute Gasteiger partial charge is 0.371 e. The van der Waals surface area contributed by atoms with E-state index in [0.29, 0.717) is 30.3 Å². The molecule has 8 heteroatoms. The summed E-state index contributed by atoms with van der Waals surface area (Å²) in [6.45, 7) is 7.05. The van der Waals surface area contributed by atoms with Crippen molar-refractivity contribution >= 4 is 33.2 Å². The summed E-state index contributed by atoms with van der Waals surface area (Å²) in [6, 6.07) is 14.5. The van der Waals surface area contributed by atoms with E-state index >= 15 is 0 Å². The van der Waals surface area contributed by atoms with Gasteiger partial charge in [0.1, 0.15) is 0 Å². The molecule has 0 saturated carbocycles. The van der Waals surface area contributed by atoms with Gasteiger partial charge in [-0.05, 0) is 80.5 Å². The minimum absolute atomic E-state index is 0.0996. The van der Waals surface area contributed by atoms with Gasteiger partial charge in [-0.2, -0.15) is 4.31 Å². The molecule has 1 amide bonds. The number of sulfonamides is 1. The third kappa shape index (κ3) is 5.75. The van der Waals surface area contributed by atoms with Crippen molar-refractivity contribution in [2.75, 3.05) is 31.1 Å². The number of amides is 1. The minimum atomic E-state index is -3.66. The average Bonchev–Trinajstić information content (AvgIpc) is 2.84. The van der Waals surface area contributed by atoms with E-state index in [2.05, 4.69) is 41.4 Å². The summed E-state index contributed by atoms with van der Waals surface area (Å²) in [5, 5.41) is 3.59. The summed E-state index contributed by atoms with van der Waals surface area (Å²) in [5.41, 5.74) is 2.27. The molecule has 34 heavy (non-hydrogen) atoms. The maximum Gasteiger partial charge on any atom is 0.243 e. The number of piperidine rings is 2. The Labute approximate surface area is 208 Å². The van der Waals surface area contributed by atoms with Gasteiger partial charge < -0.3 is 10.2 Å². The Bertz CT molecular complexity index is 1090. The zero-order chi connectivity index (χ0) is 24.3. The molecule has 0 spiro atoms. The Morgan fingerprint density at radius 2 is 1.68 bits per heavy atom. The van der Waals surface area contributed by atoms with Crippen molar-refractivity contribution in [1.29, 1.82) is 0 Å². The van der Waals surface area contributed by atoms with Gasteiger partial charge in [0, 0.05) is 36.9 Å². The monoisotopic (exact) mass is 503 g/mol. The van der Waals surface area contributed by atoms with Crippen LogP contribution >= 0.6 is 11.6 Å². The Kier molecular flexibility index (Phi) is 7.85. The molecule has 4 rings (SSSR count). The summed E-state index contributed by atoms with van der Waals surface area (Å²) in [5.74, 6) is 0.245. The van der Waals surface area contributed by atoms with Gasteiger partial charge in [0.15, 0.2) is 0 Å². The number of hydrogen-bond donors (Lipinski definition) is 1. The number of hydrogen-bond acceptors (Lipinski definition) is 4. The number of anilines is 1. The summed E-state index contributed by atoms with van der Waals surface area (Å²) in [6.07, 6.45) is 3.85. The molecule has 2 aliphatic rings. The molecule has 2 aromatic rings. The topological polar surface area (TPSA) is 69.7 Å². The number of nitrogens with zero attached hydrogens (tertiary/aromatic N) is 2. The van der Waals surface area contributed by atoms with E-state index in [0.717, 1.165) is 18.7 Å². The number of rotatable bonds is 6. The van der Waals surface area contributed by atoms with E-state index in [1.165, 1.54) is 35.0 Å². The molecular formula is C26H34ClN3O3S. The average molecular weight is 504 g/mol. The van der Waals surface area contributed by atoms with Crippen LogP contribution in [0.25, 0.3) is 0 Å². The molecule has 2 aliphatic heterocycles. The van der Waals surface area contributed by atoms with Crippen molar-refractivity contribution in [1.82, 2.24) is 9.62 Å². The lowest BCUT2D eigenvalue weighted by Gasteiger charge is -2.33. The Morgan fingerprint density at radius 3 is 2.35 bits per heavy atom. The summed E-state index contributed by atoms with van der Waals surface area (Å²) < 4.78 is 27.5. The van der Waals surface area contributed by atoms with Crippen molar-refractivity contribution in [3.05, 3.63) is 59.1 Å². The lowest BCUT2D eigenvalue weighted by atomic mass is 9.97. The number of carbonyl (C=O) groups is 1. The Balaban J connectivity index is 1.36. The maximum atomic E-state index is 13.0. The Morgan fingerprint density at radius 1 is 1.00 bits per heavy atom. The van der Waals surface area contributed by atoms with Crippen molar-refractivity contribution in [3.63, 3.8) is 0 Å². The predicted molar refractivity (Wildman–Crippen MR) is 137 cm³/mol. The molecule has 1 N–H and O–H groups in total. The third-order valence-electron chi connectivity index (χ3n) is 6.98. The van der Waals surface area contributed by atoms with Crippen LogP contribution in [0.5, 0.6) is 0 Å². The fraction of sp³-hybridized carbons (Fsp3) is 0.500. The fourth-order valence-electron chi connectivity index (χ4n) is 4.94. The van der Waals surface area contributed by atoms with Crippen LogP contribution in [0.4, 0.5) is 5.69 Å². The minimum Gasteiger partial charge on any atom is -0.371 e. The standard InChI is InChI=1S/C26H34ClN3O3S/c1-19-5-3-15-29(17-19)24-11-7-21(8-12-24)20(2)28-26(31)22-6-4-16-30(18-22)34(32,33)25-13-9-23(27)10-14-25/h7-14,19-20,22H,3-6,15-18H2,1-2H3,(H,28,31)/t19-,20-,22+/m1/s1. The van der Waals surface area contributed by atoms with Crippen molar-refractivity contribution < 1.29 is 13.2 Å². The van der Waals surface area contributed by atoms with Crippen LogP contribution in [0.3, 0.4) is 0 Å². The lowest BCUT2D eigenvalue weighted by molar-refractivity contribution is -0.126. The van der Waals surface area contributed by atoms with E-state index in [-0.39, 0.29) is 29.3 Å². The van der Waals surface area contributed by atoms with Gasteiger partial charge >= 0.3 is 0 Å². The normalized spacial score (nSPS) is 22.9. The van der Waals surface area contributed by atoms with Gasteiger partial charge in [-0.15, -0.1) is 0 Å². The maximum absolute atomic E-state index is 13.0. The molecule has 0 aromatic heterocycles. The molecule has 3 atom stereocenters. The smallest absolute Gasteiger partial charge is 0.243 e. The molecule has 2 aromatic carbocycles. The predicted octanol–water partition coefficient (Wildman–Crippen LogP) is 4.85. The Hall–Kier alpha value is -2.09. The SMILES string of the molecule is C[C@@H]1CCCN(c2ccc([C@@H](C)NC(=O)[C@H]3CCCN(S(=O)(=O)c4ccc(Cl)cc4)C3)cc2)C1. The highest BCUT2D eigenvalue weighted by molar-refractivity contribution is 7.89. The van der Waals surface area contributed by atoms with Crippen LogP contribution in [0.1, 0.15) is 51.1 Å². The zero-order valence-corrected chi connectivity index (χ0v) is 21.5. The quantitative estimate of drug-likeness (QED) is 0.611. The molecule has 2 fully saturated rings. The van der Waals surface area contributed by atoms with Gasteiger partial charge in [0.2, 0.25) is 15.9 Å². The lowest BCUT2D eigenvalue weighted by Crippen LogP contribution is -2.45. The van der Waals surface area contributed by atoms with Crippen molar-refractivity contribution in [2.24, 2.45) is 11.8 Å². The number of carbonyl (C=O) groups excluding carboxylic acids is 1. The molecule has 0 bridgehead atoms. The van der Waals surface area contributed by atoms with Gasteiger partial charge in [0.25, 0.3) is 0 Å². The van der Waals surface area contributed by atoms with E-state index in [9.17, 15) is 13.2 Å². The first-order chi connectivity index (χ1) is 16.2. The molecule has 0 radical (unpaired) electrons. The van der Waals surface area contributed by atoms with E-state index in [1.54, 1.807) is 12.1 Å². The molecule has 2 heterocycles. The second-order valence-electron chi connectivity index (χ2n) is 9.67. The van der Waals surface area contributed by atoms with E-state index in [4.69, 9.17) is 11.6 Å². The van der Waals surface area contributed by atoms with Crippen LogP contribution in [0.2, 0.25) is 5.02 Å². The zero-order valence-electron chi connectivity index (χ0n) is 19.9. The molecule has 0 unspecified atom stereocenters. The van der Waals surface area contributed by atoms with Gasteiger partial charge in [-0.3, -0.25) is 4.79 Å². The van der Waals surface area contributed by atoms with Crippen molar-refractivity contribution in [2.45, 2.75) is 50.5 Å². The highest BCUT2D eigenvalue weighted by Gasteiger charge is 2.33. The molecule has 0 aliphatic carbocycles. The van der Waals surface area contributed by atoms with Crippen molar-refractivity contribution in [3.8, 4) is 0 Å². The van der Waals surface area contributed by atoms with Gasteiger partial charge in [-0.1, -0.05) is 30.7 Å². The first-order valence-electron chi connectivity index (χ1n) is 12.1. The molecule has 2 saturated heterocycles. The van der Waals surface area contributed by atoms with Gasteiger partial charge in [-0.25, -0.2) is 8.42 Å². The third-order valence-corrected chi connectivity index (χ3v) is 9.11. The highest BCUT2D eigenvalue weighted by Crippen LogP contribution is 2.27. The molecule has 184 valence electrons. The van der Waals surface area contributed by atoms with Gasteiger partial charge in [0.05, 0.1) is 16.9 Å². The van der Waals surface area contributed by atoms with Crippen LogP contribution in [-0.2, 0) is 14.8 Å². The van der Waals surface area contributed by atoms with E-state index < -0.39 is 10.0 Å². The highest BCUT2D eigenvalue weighted by atomic mass is 35.5. The first-order valence-corrected chi connectivity index (χ1v) is 14.0. The van der Waals surface area contributed by atoms with Crippen LogP contribution in [0.15, 0.2) is 53.4 Å². The summed E-state index contributed by atoms with van der Waals surface area (Å²) in [4.78, 5) is 15.7. The van der Waals surface area contributed by atoms with Crippen LogP contribution in [-0.4, -0.2) is 44.8 Å².